The van der Waals surface area contributed by atoms with Crippen LogP contribution in [0.25, 0.3) is 0 Å². The van der Waals surface area contributed by atoms with Crippen molar-refractivity contribution in [2.45, 2.75) is 46.5 Å². The van der Waals surface area contributed by atoms with Crippen LogP contribution >= 0.6 is 15.9 Å². The first-order chi connectivity index (χ1) is 9.10. The molecular weight excluding hydrogens is 298 g/mol. The Labute approximate surface area is 127 Å². The van der Waals surface area contributed by atoms with Gasteiger partial charge in [-0.1, -0.05) is 74.7 Å². The highest BCUT2D eigenvalue weighted by Gasteiger charge is 2.21. The molecular formula is C17H28BrN. The molecule has 0 fully saturated rings. The molecule has 108 valence electrons. The van der Waals surface area contributed by atoms with Gasteiger partial charge < -0.3 is 5.32 Å². The van der Waals surface area contributed by atoms with Gasteiger partial charge in [0.05, 0.1) is 0 Å². The fraction of sp³-hybridized carbons (Fsp3) is 0.647. The second kappa shape index (κ2) is 8.76. The van der Waals surface area contributed by atoms with Crippen molar-refractivity contribution in [2.75, 3.05) is 13.1 Å². The van der Waals surface area contributed by atoms with Gasteiger partial charge >= 0.3 is 0 Å². The molecule has 1 rings (SSSR count). The average molecular weight is 326 g/mol. The van der Waals surface area contributed by atoms with Crippen LogP contribution in [0.2, 0.25) is 0 Å². The summed E-state index contributed by atoms with van der Waals surface area (Å²) in [5.41, 5.74) is 1.45. The van der Waals surface area contributed by atoms with Crippen molar-refractivity contribution in [3.63, 3.8) is 0 Å². The largest absolute Gasteiger partial charge is 0.316 e. The summed E-state index contributed by atoms with van der Waals surface area (Å²) in [5, 5.41) is 3.64. The highest BCUT2D eigenvalue weighted by Crippen LogP contribution is 2.33. The average Bonchev–Trinajstić information content (AvgIpc) is 2.39. The number of hydrogen-bond acceptors (Lipinski definition) is 1. The highest BCUT2D eigenvalue weighted by molar-refractivity contribution is 9.10. The van der Waals surface area contributed by atoms with E-state index in [0.717, 1.165) is 19.0 Å². The summed E-state index contributed by atoms with van der Waals surface area (Å²) in [7, 11) is 0. The van der Waals surface area contributed by atoms with Crippen molar-refractivity contribution in [2.24, 2.45) is 11.8 Å². The predicted octanol–water partition coefficient (Wildman–Crippen LogP) is 5.21. The first-order valence-corrected chi connectivity index (χ1v) is 8.34. The quantitative estimate of drug-likeness (QED) is 0.691. The standard InChI is InChI=1S/C17H28BrN/c1-5-14(6-2)16(12-19-11-13(3)4)15-9-7-8-10-17(15)18/h7-10,13-14,16,19H,5-6,11-12H2,1-4H3. The fourth-order valence-electron chi connectivity index (χ4n) is 2.69. The Morgan fingerprint density at radius 3 is 2.21 bits per heavy atom. The van der Waals surface area contributed by atoms with Crippen LogP contribution in [0.15, 0.2) is 28.7 Å². The van der Waals surface area contributed by atoms with Crippen molar-refractivity contribution < 1.29 is 0 Å². The number of benzene rings is 1. The Morgan fingerprint density at radius 2 is 1.68 bits per heavy atom. The van der Waals surface area contributed by atoms with E-state index in [-0.39, 0.29) is 0 Å². The van der Waals surface area contributed by atoms with E-state index in [9.17, 15) is 0 Å². The van der Waals surface area contributed by atoms with E-state index in [0.29, 0.717) is 11.8 Å². The van der Waals surface area contributed by atoms with E-state index in [4.69, 9.17) is 0 Å². The van der Waals surface area contributed by atoms with Crippen LogP contribution in [-0.2, 0) is 0 Å². The maximum absolute atomic E-state index is 3.72. The molecule has 0 aromatic heterocycles. The van der Waals surface area contributed by atoms with Crippen LogP contribution in [0.5, 0.6) is 0 Å². The van der Waals surface area contributed by atoms with Gasteiger partial charge in [0.2, 0.25) is 0 Å². The predicted molar refractivity (Wildman–Crippen MR) is 88.7 cm³/mol. The normalized spacial score (nSPS) is 13.2. The summed E-state index contributed by atoms with van der Waals surface area (Å²) in [6.45, 7) is 11.3. The molecule has 0 aliphatic carbocycles. The smallest absolute Gasteiger partial charge is 0.0210 e. The van der Waals surface area contributed by atoms with Gasteiger partial charge in [0.1, 0.15) is 0 Å². The Hall–Kier alpha value is -0.340. The van der Waals surface area contributed by atoms with Crippen LogP contribution in [0.3, 0.4) is 0 Å². The molecule has 0 saturated carbocycles. The topological polar surface area (TPSA) is 12.0 Å². The van der Waals surface area contributed by atoms with Crippen molar-refractivity contribution in [1.29, 1.82) is 0 Å². The van der Waals surface area contributed by atoms with Gasteiger partial charge in [-0.25, -0.2) is 0 Å². The summed E-state index contributed by atoms with van der Waals surface area (Å²) in [6.07, 6.45) is 2.48. The third-order valence-corrected chi connectivity index (χ3v) is 4.56. The Kier molecular flexibility index (Phi) is 7.70. The Bertz CT molecular complexity index is 358. The van der Waals surface area contributed by atoms with Gasteiger partial charge in [-0.05, 0) is 30.0 Å². The fourth-order valence-corrected chi connectivity index (χ4v) is 3.27. The van der Waals surface area contributed by atoms with Gasteiger partial charge in [-0.3, -0.25) is 0 Å². The van der Waals surface area contributed by atoms with E-state index >= 15 is 0 Å². The van der Waals surface area contributed by atoms with Crippen LogP contribution < -0.4 is 5.32 Å². The van der Waals surface area contributed by atoms with Crippen LogP contribution in [0.1, 0.15) is 52.0 Å². The van der Waals surface area contributed by atoms with Gasteiger partial charge in [0.15, 0.2) is 0 Å². The lowest BCUT2D eigenvalue weighted by Crippen LogP contribution is -2.29. The number of halogens is 1. The van der Waals surface area contributed by atoms with E-state index in [2.05, 4.69) is 73.2 Å². The number of rotatable bonds is 8. The van der Waals surface area contributed by atoms with Gasteiger partial charge in [0, 0.05) is 16.9 Å². The Morgan fingerprint density at radius 1 is 1.05 bits per heavy atom. The molecule has 0 radical (unpaired) electrons. The monoisotopic (exact) mass is 325 g/mol. The molecule has 1 aromatic rings. The molecule has 2 heteroatoms. The zero-order valence-electron chi connectivity index (χ0n) is 12.7. The maximum atomic E-state index is 3.72. The van der Waals surface area contributed by atoms with E-state index in [1.54, 1.807) is 0 Å². The molecule has 19 heavy (non-hydrogen) atoms. The highest BCUT2D eigenvalue weighted by atomic mass is 79.9. The lowest BCUT2D eigenvalue weighted by molar-refractivity contribution is 0.372. The number of hydrogen-bond donors (Lipinski definition) is 1. The van der Waals surface area contributed by atoms with Crippen LogP contribution in [-0.4, -0.2) is 13.1 Å². The molecule has 0 saturated heterocycles. The summed E-state index contributed by atoms with van der Waals surface area (Å²) < 4.78 is 1.25. The van der Waals surface area contributed by atoms with Crippen LogP contribution in [0, 0.1) is 11.8 Å². The van der Waals surface area contributed by atoms with Crippen molar-refractivity contribution in [3.8, 4) is 0 Å². The molecule has 1 aromatic carbocycles. The summed E-state index contributed by atoms with van der Waals surface area (Å²) >= 11 is 3.72. The van der Waals surface area contributed by atoms with E-state index in [1.165, 1.54) is 22.9 Å². The molecule has 1 atom stereocenters. The van der Waals surface area contributed by atoms with Crippen molar-refractivity contribution in [3.05, 3.63) is 34.3 Å². The first-order valence-electron chi connectivity index (χ1n) is 7.55. The molecule has 1 unspecified atom stereocenters. The third-order valence-electron chi connectivity index (χ3n) is 3.84. The molecule has 0 heterocycles. The van der Waals surface area contributed by atoms with E-state index in [1.807, 2.05) is 0 Å². The van der Waals surface area contributed by atoms with Gasteiger partial charge in [-0.2, -0.15) is 0 Å². The molecule has 1 N–H and O–H groups in total. The molecule has 0 aliphatic heterocycles. The van der Waals surface area contributed by atoms with Crippen molar-refractivity contribution in [1.82, 2.24) is 5.32 Å². The molecule has 0 spiro atoms. The minimum absolute atomic E-state index is 0.601. The summed E-state index contributed by atoms with van der Waals surface area (Å²) in [4.78, 5) is 0. The SMILES string of the molecule is CCC(CC)C(CNCC(C)C)c1ccccc1Br. The van der Waals surface area contributed by atoms with Gasteiger partial charge in [0.25, 0.3) is 0 Å². The van der Waals surface area contributed by atoms with Crippen molar-refractivity contribution >= 4 is 15.9 Å². The second-order valence-electron chi connectivity index (χ2n) is 5.76. The minimum atomic E-state index is 0.601. The van der Waals surface area contributed by atoms with E-state index < -0.39 is 0 Å². The summed E-state index contributed by atoms with van der Waals surface area (Å²) in [6, 6.07) is 8.67. The first kappa shape index (κ1) is 16.7. The van der Waals surface area contributed by atoms with Gasteiger partial charge in [-0.15, -0.1) is 0 Å². The lowest BCUT2D eigenvalue weighted by atomic mass is 9.82. The number of nitrogens with one attached hydrogen (secondary N) is 1. The second-order valence-corrected chi connectivity index (χ2v) is 6.61. The maximum Gasteiger partial charge on any atom is 0.0210 e. The molecule has 1 nitrogen and oxygen atoms in total. The molecule has 0 amide bonds. The lowest BCUT2D eigenvalue weighted by Gasteiger charge is -2.27. The summed E-state index contributed by atoms with van der Waals surface area (Å²) in [5.74, 6) is 2.06. The molecule has 0 bridgehead atoms. The molecule has 0 aliphatic rings. The van der Waals surface area contributed by atoms with Crippen LogP contribution in [0.4, 0.5) is 0 Å². The zero-order chi connectivity index (χ0) is 14.3. The Balaban J connectivity index is 2.83. The minimum Gasteiger partial charge on any atom is -0.316 e. The zero-order valence-corrected chi connectivity index (χ0v) is 14.3. The third kappa shape index (κ3) is 5.27.